The predicted molar refractivity (Wildman–Crippen MR) is 48.5 cm³/mol. The fourth-order valence-corrected chi connectivity index (χ4v) is 1.27. The molecule has 0 aliphatic heterocycles. The predicted octanol–water partition coefficient (Wildman–Crippen LogP) is 1.55. The first-order valence-electron chi connectivity index (χ1n) is 3.50. The Balaban J connectivity index is 2.37. The summed E-state index contributed by atoms with van der Waals surface area (Å²) in [6, 6.07) is 3.98. The third-order valence-corrected chi connectivity index (χ3v) is 1.94. The van der Waals surface area contributed by atoms with Crippen LogP contribution >= 0.6 is 11.3 Å². The standard InChI is InChI=1S/C8H11NOS/c1-7(10)5-9-6-8-3-2-4-11-8/h2-4,6-7,10H,5H2,1H3. The lowest BCUT2D eigenvalue weighted by Gasteiger charge is -1.94. The second kappa shape index (κ2) is 4.26. The maximum atomic E-state index is 8.87. The number of aliphatic hydroxyl groups excluding tert-OH is 1. The zero-order valence-corrected chi connectivity index (χ0v) is 7.21. The summed E-state index contributed by atoms with van der Waals surface area (Å²) in [5.74, 6) is 0. The summed E-state index contributed by atoms with van der Waals surface area (Å²) in [7, 11) is 0. The van der Waals surface area contributed by atoms with Crippen LogP contribution in [0.15, 0.2) is 22.5 Å². The van der Waals surface area contributed by atoms with E-state index in [9.17, 15) is 0 Å². The molecule has 0 aromatic carbocycles. The van der Waals surface area contributed by atoms with E-state index >= 15 is 0 Å². The first-order valence-corrected chi connectivity index (χ1v) is 4.38. The minimum Gasteiger partial charge on any atom is -0.391 e. The highest BCUT2D eigenvalue weighted by atomic mass is 32.1. The molecular weight excluding hydrogens is 158 g/mol. The van der Waals surface area contributed by atoms with Gasteiger partial charge >= 0.3 is 0 Å². The Morgan fingerprint density at radius 3 is 3.18 bits per heavy atom. The van der Waals surface area contributed by atoms with Gasteiger partial charge in [-0.05, 0) is 18.4 Å². The van der Waals surface area contributed by atoms with E-state index in [1.807, 2.05) is 17.5 Å². The van der Waals surface area contributed by atoms with E-state index < -0.39 is 0 Å². The van der Waals surface area contributed by atoms with Gasteiger partial charge in [-0.25, -0.2) is 0 Å². The molecule has 1 aromatic rings. The number of hydrogen-bond donors (Lipinski definition) is 1. The van der Waals surface area contributed by atoms with Gasteiger partial charge in [-0.1, -0.05) is 6.07 Å². The molecule has 11 heavy (non-hydrogen) atoms. The summed E-state index contributed by atoms with van der Waals surface area (Å²) in [5, 5.41) is 10.9. The lowest BCUT2D eigenvalue weighted by Crippen LogP contribution is -2.03. The van der Waals surface area contributed by atoms with Crippen molar-refractivity contribution < 1.29 is 5.11 Å². The van der Waals surface area contributed by atoms with Crippen molar-refractivity contribution in [1.82, 2.24) is 0 Å². The van der Waals surface area contributed by atoms with Gasteiger partial charge in [-0.2, -0.15) is 0 Å². The Morgan fingerprint density at radius 1 is 1.82 bits per heavy atom. The number of aliphatic imine (C=N–C) groups is 1. The van der Waals surface area contributed by atoms with Crippen LogP contribution in [0.1, 0.15) is 11.8 Å². The van der Waals surface area contributed by atoms with Crippen LogP contribution in [0.5, 0.6) is 0 Å². The molecule has 0 bridgehead atoms. The molecule has 1 unspecified atom stereocenters. The van der Waals surface area contributed by atoms with Gasteiger partial charge in [-0.15, -0.1) is 11.3 Å². The molecule has 0 amide bonds. The average molecular weight is 169 g/mol. The average Bonchev–Trinajstić information content (AvgIpc) is 2.39. The zero-order chi connectivity index (χ0) is 8.10. The van der Waals surface area contributed by atoms with E-state index in [0.29, 0.717) is 6.54 Å². The van der Waals surface area contributed by atoms with Crippen LogP contribution < -0.4 is 0 Å². The van der Waals surface area contributed by atoms with Crippen LogP contribution in [0.2, 0.25) is 0 Å². The highest BCUT2D eigenvalue weighted by molar-refractivity contribution is 7.11. The summed E-state index contributed by atoms with van der Waals surface area (Å²) < 4.78 is 0. The number of nitrogens with zero attached hydrogens (tertiary/aromatic N) is 1. The van der Waals surface area contributed by atoms with Crippen molar-refractivity contribution in [2.75, 3.05) is 6.54 Å². The van der Waals surface area contributed by atoms with Crippen molar-refractivity contribution in [1.29, 1.82) is 0 Å². The molecule has 1 N–H and O–H groups in total. The van der Waals surface area contributed by atoms with Crippen LogP contribution in [-0.4, -0.2) is 24.0 Å². The van der Waals surface area contributed by atoms with Gasteiger partial charge in [0.05, 0.1) is 12.6 Å². The topological polar surface area (TPSA) is 32.6 Å². The second-order valence-corrected chi connectivity index (χ2v) is 3.34. The van der Waals surface area contributed by atoms with Crippen LogP contribution in [0.25, 0.3) is 0 Å². The lowest BCUT2D eigenvalue weighted by atomic mass is 10.4. The van der Waals surface area contributed by atoms with Crippen LogP contribution in [0, 0.1) is 0 Å². The molecule has 0 fully saturated rings. The Bertz CT molecular complexity index is 216. The quantitative estimate of drug-likeness (QED) is 0.684. The van der Waals surface area contributed by atoms with Gasteiger partial charge in [-0.3, -0.25) is 4.99 Å². The van der Waals surface area contributed by atoms with Gasteiger partial charge < -0.3 is 5.11 Å². The third kappa shape index (κ3) is 3.30. The Morgan fingerprint density at radius 2 is 2.64 bits per heavy atom. The van der Waals surface area contributed by atoms with Crippen LogP contribution in [-0.2, 0) is 0 Å². The van der Waals surface area contributed by atoms with Crippen molar-refractivity contribution in [3.63, 3.8) is 0 Å². The summed E-state index contributed by atoms with van der Waals surface area (Å²) in [4.78, 5) is 5.18. The first-order chi connectivity index (χ1) is 5.29. The molecule has 0 aliphatic carbocycles. The molecule has 0 saturated carbocycles. The van der Waals surface area contributed by atoms with Crippen LogP contribution in [0.4, 0.5) is 0 Å². The monoisotopic (exact) mass is 169 g/mol. The number of aliphatic hydroxyl groups is 1. The molecule has 1 atom stereocenters. The van der Waals surface area contributed by atoms with Gasteiger partial charge in [0, 0.05) is 11.1 Å². The number of thiophene rings is 1. The minimum absolute atomic E-state index is 0.341. The fourth-order valence-electron chi connectivity index (χ4n) is 0.660. The molecule has 0 aliphatic rings. The lowest BCUT2D eigenvalue weighted by molar-refractivity contribution is 0.204. The van der Waals surface area contributed by atoms with E-state index in [-0.39, 0.29) is 6.10 Å². The number of rotatable bonds is 3. The molecule has 1 aromatic heterocycles. The highest BCUT2D eigenvalue weighted by Gasteiger charge is 1.90. The molecule has 1 heterocycles. The normalized spacial score (nSPS) is 14.0. The molecule has 60 valence electrons. The largest absolute Gasteiger partial charge is 0.391 e. The third-order valence-electron chi connectivity index (χ3n) is 1.13. The van der Waals surface area contributed by atoms with Crippen molar-refractivity contribution >= 4 is 17.6 Å². The minimum atomic E-state index is -0.341. The van der Waals surface area contributed by atoms with E-state index in [4.69, 9.17) is 5.11 Å². The van der Waals surface area contributed by atoms with Crippen molar-refractivity contribution in [2.24, 2.45) is 4.99 Å². The smallest absolute Gasteiger partial charge is 0.0707 e. The molecule has 0 saturated heterocycles. The van der Waals surface area contributed by atoms with Crippen molar-refractivity contribution in [3.05, 3.63) is 22.4 Å². The summed E-state index contributed by atoms with van der Waals surface area (Å²) in [6.45, 7) is 2.21. The Hall–Kier alpha value is -0.670. The zero-order valence-electron chi connectivity index (χ0n) is 6.40. The molecule has 3 heteroatoms. The molecule has 1 rings (SSSR count). The SMILES string of the molecule is CC(O)CN=Cc1cccs1. The van der Waals surface area contributed by atoms with Gasteiger partial charge in [0.2, 0.25) is 0 Å². The van der Waals surface area contributed by atoms with Gasteiger partial charge in [0.1, 0.15) is 0 Å². The van der Waals surface area contributed by atoms with Crippen molar-refractivity contribution in [3.8, 4) is 0 Å². The summed E-state index contributed by atoms with van der Waals surface area (Å²) in [6.07, 6.45) is 1.45. The van der Waals surface area contributed by atoms with Gasteiger partial charge in [0.15, 0.2) is 0 Å². The van der Waals surface area contributed by atoms with E-state index in [1.54, 1.807) is 24.5 Å². The maximum absolute atomic E-state index is 8.87. The Kier molecular flexibility index (Phi) is 3.26. The summed E-state index contributed by atoms with van der Waals surface area (Å²) in [5.41, 5.74) is 0. The Labute approximate surface area is 70.2 Å². The molecule has 0 radical (unpaired) electrons. The molecular formula is C8H11NOS. The van der Waals surface area contributed by atoms with E-state index in [1.165, 1.54) is 0 Å². The fraction of sp³-hybridized carbons (Fsp3) is 0.375. The maximum Gasteiger partial charge on any atom is 0.0707 e. The van der Waals surface area contributed by atoms with Gasteiger partial charge in [0.25, 0.3) is 0 Å². The molecule has 0 spiro atoms. The highest BCUT2D eigenvalue weighted by Crippen LogP contribution is 2.04. The van der Waals surface area contributed by atoms with E-state index in [2.05, 4.69) is 4.99 Å². The van der Waals surface area contributed by atoms with Crippen molar-refractivity contribution in [2.45, 2.75) is 13.0 Å². The van der Waals surface area contributed by atoms with E-state index in [0.717, 1.165) is 4.88 Å². The first kappa shape index (κ1) is 8.43. The molecule has 2 nitrogen and oxygen atoms in total. The second-order valence-electron chi connectivity index (χ2n) is 2.36. The van der Waals surface area contributed by atoms with Crippen LogP contribution in [0.3, 0.4) is 0 Å². The number of hydrogen-bond acceptors (Lipinski definition) is 3. The summed E-state index contributed by atoms with van der Waals surface area (Å²) >= 11 is 1.64.